The first-order valence-electron chi connectivity index (χ1n) is 6.28. The van der Waals surface area contributed by atoms with Gasteiger partial charge in [-0.1, -0.05) is 12.1 Å². The lowest BCUT2D eigenvalue weighted by atomic mass is 10.1. The fourth-order valence-corrected chi connectivity index (χ4v) is 2.27. The van der Waals surface area contributed by atoms with Crippen LogP contribution in [-0.2, 0) is 9.59 Å². The Labute approximate surface area is 120 Å². The molecule has 1 atom stereocenters. The van der Waals surface area contributed by atoms with Crippen LogP contribution in [0.4, 0.5) is 0 Å². The molecule has 110 valence electrons. The number of carboxylic acid groups (broad SMARTS) is 1. The second-order valence-corrected chi connectivity index (χ2v) is 4.79. The zero-order valence-corrected chi connectivity index (χ0v) is 11.6. The molecule has 1 aliphatic rings. The van der Waals surface area contributed by atoms with Crippen molar-refractivity contribution in [2.24, 2.45) is 0 Å². The topological polar surface area (TPSA) is 95.0 Å². The normalized spacial score (nSPS) is 14.9. The Morgan fingerprint density at radius 2 is 1.67 bits per heavy atom. The highest BCUT2D eigenvalue weighted by Gasteiger charge is 2.41. The summed E-state index contributed by atoms with van der Waals surface area (Å²) in [6.07, 6.45) is 0. The first kappa shape index (κ1) is 14.7. The number of imide groups is 1. The van der Waals surface area contributed by atoms with E-state index in [9.17, 15) is 19.2 Å². The number of aliphatic carboxylic acids is 1. The maximum absolute atomic E-state index is 12.2. The van der Waals surface area contributed by atoms with E-state index in [1.165, 1.54) is 26.1 Å². The molecule has 7 heteroatoms. The van der Waals surface area contributed by atoms with Crippen LogP contribution in [0.1, 0.15) is 27.6 Å². The Kier molecular flexibility index (Phi) is 3.75. The predicted octanol–water partition coefficient (Wildman–Crippen LogP) is 0.214. The number of nitrogens with zero attached hydrogens (tertiary/aromatic N) is 2. The van der Waals surface area contributed by atoms with Crippen LogP contribution >= 0.6 is 0 Å². The third-order valence-corrected chi connectivity index (χ3v) is 3.32. The van der Waals surface area contributed by atoms with Crippen molar-refractivity contribution in [2.45, 2.75) is 13.0 Å². The third-order valence-electron chi connectivity index (χ3n) is 3.32. The van der Waals surface area contributed by atoms with Gasteiger partial charge in [0.1, 0.15) is 12.6 Å². The lowest BCUT2D eigenvalue weighted by Crippen LogP contribution is -2.49. The maximum Gasteiger partial charge on any atom is 0.323 e. The first-order valence-corrected chi connectivity index (χ1v) is 6.28. The van der Waals surface area contributed by atoms with Crippen molar-refractivity contribution in [3.05, 3.63) is 35.4 Å². The van der Waals surface area contributed by atoms with Crippen LogP contribution in [0.15, 0.2) is 24.3 Å². The summed E-state index contributed by atoms with van der Waals surface area (Å²) in [4.78, 5) is 49.0. The fourth-order valence-electron chi connectivity index (χ4n) is 2.27. The average molecular weight is 290 g/mol. The lowest BCUT2D eigenvalue weighted by Gasteiger charge is -2.25. The van der Waals surface area contributed by atoms with Crippen LogP contribution in [0, 0.1) is 0 Å². The van der Waals surface area contributed by atoms with Crippen LogP contribution in [0.25, 0.3) is 0 Å². The van der Waals surface area contributed by atoms with Gasteiger partial charge in [-0.2, -0.15) is 0 Å². The molecule has 0 aromatic heterocycles. The smallest absolute Gasteiger partial charge is 0.323 e. The minimum Gasteiger partial charge on any atom is -0.480 e. The van der Waals surface area contributed by atoms with Gasteiger partial charge in [-0.25, -0.2) is 0 Å². The van der Waals surface area contributed by atoms with Crippen molar-refractivity contribution in [1.29, 1.82) is 0 Å². The van der Waals surface area contributed by atoms with E-state index in [0.29, 0.717) is 0 Å². The zero-order valence-electron chi connectivity index (χ0n) is 11.6. The van der Waals surface area contributed by atoms with Gasteiger partial charge in [-0.05, 0) is 19.1 Å². The number of hydrogen-bond donors (Lipinski definition) is 1. The number of benzene rings is 1. The minimum atomic E-state index is -1.17. The average Bonchev–Trinajstić information content (AvgIpc) is 2.69. The molecule has 1 N–H and O–H groups in total. The van der Waals surface area contributed by atoms with Crippen LogP contribution in [0.3, 0.4) is 0 Å². The molecular weight excluding hydrogens is 276 g/mol. The summed E-state index contributed by atoms with van der Waals surface area (Å²) < 4.78 is 0. The van der Waals surface area contributed by atoms with E-state index >= 15 is 0 Å². The summed E-state index contributed by atoms with van der Waals surface area (Å²) in [6.45, 7) is 0.911. The Morgan fingerprint density at radius 1 is 1.19 bits per heavy atom. The minimum absolute atomic E-state index is 0.253. The molecule has 0 saturated heterocycles. The first-order chi connectivity index (χ1) is 9.84. The second-order valence-electron chi connectivity index (χ2n) is 4.79. The molecule has 7 nitrogen and oxygen atoms in total. The molecule has 1 aromatic carbocycles. The van der Waals surface area contributed by atoms with Crippen LogP contribution in [-0.4, -0.2) is 58.2 Å². The number of amides is 3. The number of fused-ring (bicyclic) bond motifs is 1. The summed E-state index contributed by atoms with van der Waals surface area (Å²) in [5.74, 6) is -2.85. The summed E-state index contributed by atoms with van der Waals surface area (Å²) in [7, 11) is 1.31. The van der Waals surface area contributed by atoms with Crippen molar-refractivity contribution in [2.75, 3.05) is 13.6 Å². The van der Waals surface area contributed by atoms with Crippen LogP contribution < -0.4 is 0 Å². The Hall–Kier alpha value is -2.70. The molecule has 21 heavy (non-hydrogen) atoms. The third kappa shape index (κ3) is 2.49. The number of likely N-dealkylation sites (N-methyl/N-ethyl adjacent to an activating group) is 1. The van der Waals surface area contributed by atoms with Gasteiger partial charge in [-0.15, -0.1) is 0 Å². The van der Waals surface area contributed by atoms with Gasteiger partial charge in [0, 0.05) is 7.05 Å². The molecule has 0 aliphatic carbocycles. The number of carboxylic acids is 1. The SMILES string of the molecule is CC(C(=O)N(C)CC(=O)O)N1C(=O)c2ccccc2C1=O. The number of carbonyl (C=O) groups is 4. The largest absolute Gasteiger partial charge is 0.480 e. The summed E-state index contributed by atoms with van der Waals surface area (Å²) in [5, 5.41) is 8.68. The van der Waals surface area contributed by atoms with E-state index in [4.69, 9.17) is 5.11 Å². The molecule has 0 spiro atoms. The van der Waals surface area contributed by atoms with Gasteiger partial charge in [0.05, 0.1) is 11.1 Å². The summed E-state index contributed by atoms with van der Waals surface area (Å²) >= 11 is 0. The summed E-state index contributed by atoms with van der Waals surface area (Å²) in [5.41, 5.74) is 0.506. The van der Waals surface area contributed by atoms with Gasteiger partial charge in [-0.3, -0.25) is 24.1 Å². The molecule has 0 saturated carbocycles. The van der Waals surface area contributed by atoms with Crippen molar-refractivity contribution in [1.82, 2.24) is 9.80 Å². The molecule has 1 heterocycles. The fraction of sp³-hybridized carbons (Fsp3) is 0.286. The Bertz CT molecular complexity index is 605. The van der Waals surface area contributed by atoms with Crippen molar-refractivity contribution in [3.63, 3.8) is 0 Å². The van der Waals surface area contributed by atoms with Gasteiger partial charge >= 0.3 is 5.97 Å². The van der Waals surface area contributed by atoms with Crippen LogP contribution in [0.5, 0.6) is 0 Å². The molecule has 0 fully saturated rings. The highest BCUT2D eigenvalue weighted by Crippen LogP contribution is 2.24. The van der Waals surface area contributed by atoms with E-state index in [2.05, 4.69) is 0 Å². The molecule has 3 amide bonds. The van der Waals surface area contributed by atoms with E-state index in [-0.39, 0.29) is 11.1 Å². The molecular formula is C14H14N2O5. The standard InChI is InChI=1S/C14H14N2O5/c1-8(12(19)15(2)7-11(17)18)16-13(20)9-5-3-4-6-10(9)14(16)21/h3-6,8H,7H2,1-2H3,(H,17,18). The Balaban J connectivity index is 2.24. The number of carbonyl (C=O) groups excluding carboxylic acids is 3. The zero-order chi connectivity index (χ0) is 15.7. The number of rotatable bonds is 4. The second kappa shape index (κ2) is 5.35. The lowest BCUT2D eigenvalue weighted by molar-refractivity contribution is -0.144. The van der Waals surface area contributed by atoms with Crippen molar-refractivity contribution in [3.8, 4) is 0 Å². The molecule has 2 rings (SSSR count). The Morgan fingerprint density at radius 3 is 2.10 bits per heavy atom. The van der Waals surface area contributed by atoms with Gasteiger partial charge in [0.15, 0.2) is 0 Å². The monoisotopic (exact) mass is 290 g/mol. The maximum atomic E-state index is 12.2. The van der Waals surface area contributed by atoms with Crippen molar-refractivity contribution >= 4 is 23.7 Å². The summed E-state index contributed by atoms with van der Waals surface area (Å²) in [6, 6.07) is 5.26. The molecule has 0 bridgehead atoms. The van der Waals surface area contributed by atoms with Crippen molar-refractivity contribution < 1.29 is 24.3 Å². The van der Waals surface area contributed by atoms with Gasteiger partial charge < -0.3 is 10.0 Å². The number of hydrogen-bond acceptors (Lipinski definition) is 4. The highest BCUT2D eigenvalue weighted by atomic mass is 16.4. The molecule has 1 unspecified atom stereocenters. The molecule has 1 aliphatic heterocycles. The van der Waals surface area contributed by atoms with Crippen LogP contribution in [0.2, 0.25) is 0 Å². The van der Waals surface area contributed by atoms with Gasteiger partial charge in [0.25, 0.3) is 11.8 Å². The van der Waals surface area contributed by atoms with E-state index in [0.717, 1.165) is 9.80 Å². The quantitative estimate of drug-likeness (QED) is 0.800. The predicted molar refractivity (Wildman–Crippen MR) is 71.7 cm³/mol. The van der Waals surface area contributed by atoms with E-state index < -0.39 is 36.3 Å². The molecule has 0 radical (unpaired) electrons. The molecule has 1 aromatic rings. The highest BCUT2D eigenvalue weighted by molar-refractivity contribution is 6.22. The van der Waals surface area contributed by atoms with E-state index in [1.807, 2.05) is 0 Å². The van der Waals surface area contributed by atoms with Gasteiger partial charge in [0.2, 0.25) is 5.91 Å². The van der Waals surface area contributed by atoms with E-state index in [1.54, 1.807) is 12.1 Å².